The zero-order valence-electron chi connectivity index (χ0n) is 15.3. The molecule has 1 aromatic carbocycles. The largest absolute Gasteiger partial charge is 0.350 e. The highest BCUT2D eigenvalue weighted by Gasteiger charge is 2.33. The normalized spacial score (nSPS) is 17.9. The van der Waals surface area contributed by atoms with Crippen LogP contribution in [-0.4, -0.2) is 52.5 Å². The molecule has 2 rings (SSSR count). The number of benzene rings is 1. The molecule has 0 spiro atoms. The maximum atomic E-state index is 12.6. The van der Waals surface area contributed by atoms with Gasteiger partial charge >= 0.3 is 0 Å². The zero-order chi connectivity index (χ0) is 18.5. The van der Waals surface area contributed by atoms with Crippen LogP contribution < -0.4 is 10.0 Å². The van der Waals surface area contributed by atoms with Gasteiger partial charge < -0.3 is 10.2 Å². The summed E-state index contributed by atoms with van der Waals surface area (Å²) < 4.78 is 26.1. The van der Waals surface area contributed by atoms with Gasteiger partial charge in [-0.3, -0.25) is 4.79 Å². The van der Waals surface area contributed by atoms with E-state index in [-0.39, 0.29) is 16.3 Å². The van der Waals surface area contributed by atoms with E-state index in [4.69, 9.17) is 0 Å². The Labute approximate surface area is 151 Å². The number of likely N-dealkylation sites (N-methyl/N-ethyl adjacent to an activating group) is 1. The Morgan fingerprint density at radius 1 is 1.16 bits per heavy atom. The van der Waals surface area contributed by atoms with Crippen LogP contribution in [0.5, 0.6) is 0 Å². The van der Waals surface area contributed by atoms with Crippen LogP contribution in [0.1, 0.15) is 48.9 Å². The van der Waals surface area contributed by atoms with Crippen LogP contribution in [0.25, 0.3) is 0 Å². The first kappa shape index (κ1) is 19.9. The second-order valence-corrected chi connectivity index (χ2v) is 8.84. The van der Waals surface area contributed by atoms with Crippen molar-refractivity contribution < 1.29 is 13.2 Å². The lowest BCUT2D eigenvalue weighted by atomic mass is 9.88. The zero-order valence-corrected chi connectivity index (χ0v) is 16.2. The van der Waals surface area contributed by atoms with Crippen LogP contribution in [0.4, 0.5) is 0 Å². The fourth-order valence-corrected chi connectivity index (χ4v) is 4.21. The summed E-state index contributed by atoms with van der Waals surface area (Å²) in [4.78, 5) is 14.9. The van der Waals surface area contributed by atoms with Gasteiger partial charge in [0.2, 0.25) is 10.0 Å². The molecule has 0 radical (unpaired) electrons. The Morgan fingerprint density at radius 2 is 1.80 bits per heavy atom. The van der Waals surface area contributed by atoms with Crippen LogP contribution >= 0.6 is 0 Å². The number of sulfonamides is 1. The molecule has 25 heavy (non-hydrogen) atoms. The first-order valence-corrected chi connectivity index (χ1v) is 10.3. The number of amides is 1. The molecule has 2 N–H and O–H groups in total. The molecule has 0 aromatic heterocycles. The molecule has 0 saturated heterocycles. The minimum absolute atomic E-state index is 0.0270. The first-order chi connectivity index (χ1) is 11.8. The minimum atomic E-state index is -3.56. The highest BCUT2D eigenvalue weighted by Crippen LogP contribution is 2.30. The SMILES string of the molecule is CNS(=O)(=O)c1cccc(C(=O)NCC2(N(C)C)CCCCCC2)c1. The summed E-state index contributed by atoms with van der Waals surface area (Å²) in [5.74, 6) is -0.237. The first-order valence-electron chi connectivity index (χ1n) is 8.80. The van der Waals surface area contributed by atoms with Crippen LogP contribution in [0.3, 0.4) is 0 Å². The molecule has 1 aliphatic carbocycles. The molecule has 7 heteroatoms. The van der Waals surface area contributed by atoms with Crippen molar-refractivity contribution in [2.45, 2.75) is 49.0 Å². The van der Waals surface area contributed by atoms with E-state index in [2.05, 4.69) is 29.0 Å². The fourth-order valence-electron chi connectivity index (χ4n) is 3.44. The highest BCUT2D eigenvalue weighted by molar-refractivity contribution is 7.89. The molecule has 1 fully saturated rings. The highest BCUT2D eigenvalue weighted by atomic mass is 32.2. The Morgan fingerprint density at radius 3 is 2.36 bits per heavy atom. The van der Waals surface area contributed by atoms with Crippen molar-refractivity contribution in [2.24, 2.45) is 0 Å². The van der Waals surface area contributed by atoms with E-state index in [9.17, 15) is 13.2 Å². The van der Waals surface area contributed by atoms with E-state index in [1.54, 1.807) is 12.1 Å². The summed E-state index contributed by atoms with van der Waals surface area (Å²) in [6.07, 6.45) is 6.96. The van der Waals surface area contributed by atoms with Crippen LogP contribution in [0, 0.1) is 0 Å². The fraction of sp³-hybridized carbons (Fsp3) is 0.611. The molecule has 0 unspecified atom stereocenters. The predicted octanol–water partition coefficient (Wildman–Crippen LogP) is 1.98. The molecular formula is C18H29N3O3S. The summed E-state index contributed by atoms with van der Waals surface area (Å²) in [6.45, 7) is 0.571. The van der Waals surface area contributed by atoms with E-state index < -0.39 is 10.0 Å². The van der Waals surface area contributed by atoms with Crippen molar-refractivity contribution in [1.29, 1.82) is 0 Å². The Hall–Kier alpha value is -1.44. The molecule has 1 aromatic rings. The molecule has 140 valence electrons. The topological polar surface area (TPSA) is 78.5 Å². The van der Waals surface area contributed by atoms with E-state index in [1.165, 1.54) is 44.9 Å². The van der Waals surface area contributed by atoms with Crippen LogP contribution in [-0.2, 0) is 10.0 Å². The average molecular weight is 368 g/mol. The molecule has 0 aliphatic heterocycles. The van der Waals surface area contributed by atoms with Crippen molar-refractivity contribution in [3.63, 3.8) is 0 Å². The van der Waals surface area contributed by atoms with E-state index in [0.29, 0.717) is 12.1 Å². The third kappa shape index (κ3) is 4.80. The Bertz CT molecular complexity index is 693. The second kappa shape index (κ2) is 8.29. The van der Waals surface area contributed by atoms with Crippen molar-refractivity contribution in [2.75, 3.05) is 27.7 Å². The van der Waals surface area contributed by atoms with Gasteiger partial charge in [0, 0.05) is 17.6 Å². The lowest BCUT2D eigenvalue weighted by molar-refractivity contribution is 0.0869. The predicted molar refractivity (Wildman–Crippen MR) is 99.1 cm³/mol. The molecule has 1 aliphatic rings. The second-order valence-electron chi connectivity index (χ2n) is 6.95. The maximum Gasteiger partial charge on any atom is 0.251 e. The Balaban J connectivity index is 2.12. The monoisotopic (exact) mass is 367 g/mol. The standard InChI is InChI=1S/C18H29N3O3S/c1-19-25(23,24)16-10-8-9-15(13-16)17(22)20-14-18(21(2)3)11-6-4-5-7-12-18/h8-10,13,19H,4-7,11-12,14H2,1-3H3,(H,20,22). The minimum Gasteiger partial charge on any atom is -0.350 e. The van der Waals surface area contributed by atoms with E-state index in [0.717, 1.165) is 12.8 Å². The van der Waals surface area contributed by atoms with Crippen molar-refractivity contribution in [1.82, 2.24) is 14.9 Å². The number of carbonyl (C=O) groups is 1. The molecule has 6 nitrogen and oxygen atoms in total. The van der Waals surface area contributed by atoms with Gasteiger partial charge in [-0.15, -0.1) is 0 Å². The van der Waals surface area contributed by atoms with Crippen molar-refractivity contribution in [3.8, 4) is 0 Å². The summed E-state index contributed by atoms with van der Waals surface area (Å²) in [7, 11) is 1.93. The summed E-state index contributed by atoms with van der Waals surface area (Å²) in [6, 6.07) is 6.12. The van der Waals surface area contributed by atoms with Gasteiger partial charge in [0.05, 0.1) is 4.90 Å². The van der Waals surface area contributed by atoms with Gasteiger partial charge in [-0.2, -0.15) is 0 Å². The van der Waals surface area contributed by atoms with Gasteiger partial charge in [0.1, 0.15) is 0 Å². The molecule has 0 heterocycles. The number of hydrogen-bond acceptors (Lipinski definition) is 4. The van der Waals surface area contributed by atoms with Gasteiger partial charge in [0.25, 0.3) is 5.91 Å². The summed E-state index contributed by atoms with van der Waals surface area (Å²) >= 11 is 0. The quantitative estimate of drug-likeness (QED) is 0.754. The number of nitrogens with zero attached hydrogens (tertiary/aromatic N) is 1. The number of nitrogens with one attached hydrogen (secondary N) is 2. The molecule has 1 amide bonds. The molecule has 0 atom stereocenters. The molecule has 1 saturated carbocycles. The lowest BCUT2D eigenvalue weighted by Gasteiger charge is -2.39. The third-order valence-electron chi connectivity index (χ3n) is 5.24. The average Bonchev–Trinajstić information content (AvgIpc) is 2.86. The summed E-state index contributed by atoms with van der Waals surface area (Å²) in [5, 5.41) is 3.02. The summed E-state index contributed by atoms with van der Waals surface area (Å²) in [5.41, 5.74) is 0.333. The Kier molecular flexibility index (Phi) is 6.59. The number of hydrogen-bond donors (Lipinski definition) is 2. The van der Waals surface area contributed by atoms with E-state index in [1.807, 2.05) is 0 Å². The van der Waals surface area contributed by atoms with Crippen LogP contribution in [0.15, 0.2) is 29.2 Å². The molecular weight excluding hydrogens is 338 g/mol. The van der Waals surface area contributed by atoms with E-state index >= 15 is 0 Å². The van der Waals surface area contributed by atoms with Gasteiger partial charge in [-0.25, -0.2) is 13.1 Å². The van der Waals surface area contributed by atoms with Gasteiger partial charge in [-0.1, -0.05) is 31.7 Å². The maximum absolute atomic E-state index is 12.6. The van der Waals surface area contributed by atoms with Crippen LogP contribution in [0.2, 0.25) is 0 Å². The number of carbonyl (C=O) groups excluding carboxylic acids is 1. The van der Waals surface area contributed by atoms with Gasteiger partial charge in [0.15, 0.2) is 0 Å². The van der Waals surface area contributed by atoms with Crippen molar-refractivity contribution >= 4 is 15.9 Å². The third-order valence-corrected chi connectivity index (χ3v) is 6.65. The smallest absolute Gasteiger partial charge is 0.251 e. The van der Waals surface area contributed by atoms with Gasteiger partial charge in [-0.05, 0) is 52.2 Å². The molecule has 0 bridgehead atoms. The number of rotatable bonds is 6. The van der Waals surface area contributed by atoms with Crippen molar-refractivity contribution in [3.05, 3.63) is 29.8 Å². The lowest BCUT2D eigenvalue weighted by Crippen LogP contribution is -2.52.